The van der Waals surface area contributed by atoms with Gasteiger partial charge in [0, 0.05) is 28.4 Å². The molecule has 0 unspecified atom stereocenters. The summed E-state index contributed by atoms with van der Waals surface area (Å²) in [4.78, 5) is 4.31. The van der Waals surface area contributed by atoms with Crippen LogP contribution in [0.2, 0.25) is 5.02 Å². The summed E-state index contributed by atoms with van der Waals surface area (Å²) < 4.78 is 3.07. The van der Waals surface area contributed by atoms with Crippen molar-refractivity contribution in [3.63, 3.8) is 0 Å². The Hall–Kier alpha value is -1.000. The fourth-order valence-electron chi connectivity index (χ4n) is 1.72. The summed E-state index contributed by atoms with van der Waals surface area (Å²) in [7, 11) is 0. The lowest BCUT2D eigenvalue weighted by molar-refractivity contribution is 0.686. The molecule has 0 aliphatic heterocycles. The smallest absolute Gasteiger partial charge is 0.207 e. The third-order valence-electron chi connectivity index (χ3n) is 2.67. The van der Waals surface area contributed by atoms with Gasteiger partial charge in [-0.15, -0.1) is 0 Å². The lowest BCUT2D eigenvalue weighted by Gasteiger charge is -2.11. The van der Waals surface area contributed by atoms with Crippen LogP contribution in [-0.2, 0) is 6.54 Å². The van der Waals surface area contributed by atoms with Gasteiger partial charge in [-0.2, -0.15) is 0 Å². The molecule has 0 aliphatic carbocycles. The van der Waals surface area contributed by atoms with Gasteiger partial charge in [0.05, 0.1) is 5.69 Å². The minimum absolute atomic E-state index is 0.745. The van der Waals surface area contributed by atoms with Crippen LogP contribution < -0.4 is 5.32 Å². The van der Waals surface area contributed by atoms with Crippen molar-refractivity contribution in [1.82, 2.24) is 9.55 Å². The number of nitrogens with one attached hydrogen (secondary N) is 1. The topological polar surface area (TPSA) is 29.9 Å². The Bertz CT molecular complexity index is 551. The number of aryl methyl sites for hydroxylation is 2. The van der Waals surface area contributed by atoms with Crippen molar-refractivity contribution in [2.45, 2.75) is 26.8 Å². The number of nitrogens with zero attached hydrogens (tertiary/aromatic N) is 2. The molecule has 0 fully saturated rings. The molecule has 0 aliphatic rings. The van der Waals surface area contributed by atoms with Crippen molar-refractivity contribution in [3.8, 4) is 0 Å². The SMILES string of the molecule is CCCn1ccnc1Nc1cc(Cl)c(C)cc1Br. The Balaban J connectivity index is 2.28. The van der Waals surface area contributed by atoms with Crippen LogP contribution in [0.5, 0.6) is 0 Å². The number of hydrogen-bond donors (Lipinski definition) is 1. The van der Waals surface area contributed by atoms with E-state index in [0.29, 0.717) is 0 Å². The Morgan fingerprint density at radius 2 is 2.22 bits per heavy atom. The van der Waals surface area contributed by atoms with Gasteiger partial charge in [-0.3, -0.25) is 0 Å². The summed E-state index contributed by atoms with van der Waals surface area (Å²) in [6, 6.07) is 3.91. The van der Waals surface area contributed by atoms with E-state index < -0.39 is 0 Å². The first kappa shape index (κ1) is 13.4. The predicted molar refractivity (Wildman–Crippen MR) is 79.7 cm³/mol. The molecule has 0 saturated carbocycles. The average Bonchev–Trinajstić information content (AvgIpc) is 2.74. The van der Waals surface area contributed by atoms with E-state index in [4.69, 9.17) is 11.6 Å². The van der Waals surface area contributed by atoms with Gasteiger partial charge in [0.1, 0.15) is 0 Å². The van der Waals surface area contributed by atoms with Crippen molar-refractivity contribution >= 4 is 39.2 Å². The molecule has 0 radical (unpaired) electrons. The largest absolute Gasteiger partial charge is 0.325 e. The molecule has 2 aromatic rings. The molecule has 1 heterocycles. The van der Waals surface area contributed by atoms with Gasteiger partial charge in [-0.25, -0.2) is 4.98 Å². The van der Waals surface area contributed by atoms with Crippen LogP contribution in [0, 0.1) is 6.92 Å². The standard InChI is InChI=1S/C13H15BrClN3/c1-3-5-18-6-4-16-13(18)17-12-8-11(15)9(2)7-10(12)14/h4,6-8H,3,5H2,1-2H3,(H,16,17). The molecule has 5 heteroatoms. The maximum atomic E-state index is 6.14. The number of aromatic nitrogens is 2. The molecule has 0 amide bonds. The highest BCUT2D eigenvalue weighted by Gasteiger charge is 2.07. The molecular formula is C13H15BrClN3. The molecule has 18 heavy (non-hydrogen) atoms. The van der Waals surface area contributed by atoms with Crippen LogP contribution in [0.1, 0.15) is 18.9 Å². The predicted octanol–water partition coefficient (Wildman–Crippen LogP) is 4.76. The van der Waals surface area contributed by atoms with E-state index in [1.165, 1.54) is 0 Å². The Morgan fingerprint density at radius 3 is 2.94 bits per heavy atom. The van der Waals surface area contributed by atoms with Crippen molar-refractivity contribution < 1.29 is 0 Å². The Morgan fingerprint density at radius 1 is 1.44 bits per heavy atom. The summed E-state index contributed by atoms with van der Waals surface area (Å²) in [5.41, 5.74) is 1.97. The van der Waals surface area contributed by atoms with Gasteiger partial charge < -0.3 is 9.88 Å². The first-order valence-electron chi connectivity index (χ1n) is 5.85. The normalized spacial score (nSPS) is 10.7. The van der Waals surface area contributed by atoms with E-state index in [-0.39, 0.29) is 0 Å². The van der Waals surface area contributed by atoms with Crippen LogP contribution in [0.15, 0.2) is 29.0 Å². The van der Waals surface area contributed by atoms with E-state index in [1.807, 2.05) is 25.3 Å². The quantitative estimate of drug-likeness (QED) is 0.877. The maximum absolute atomic E-state index is 6.14. The maximum Gasteiger partial charge on any atom is 0.207 e. The third-order valence-corrected chi connectivity index (χ3v) is 3.74. The van der Waals surface area contributed by atoms with Crippen LogP contribution in [0.3, 0.4) is 0 Å². The van der Waals surface area contributed by atoms with Crippen molar-refractivity contribution in [2.75, 3.05) is 5.32 Å². The van der Waals surface area contributed by atoms with Gasteiger partial charge in [0.2, 0.25) is 5.95 Å². The van der Waals surface area contributed by atoms with E-state index in [2.05, 4.69) is 37.7 Å². The molecule has 96 valence electrons. The molecular weight excluding hydrogens is 314 g/mol. The Labute approximate surface area is 120 Å². The molecule has 0 spiro atoms. The van der Waals surface area contributed by atoms with Crippen molar-refractivity contribution in [2.24, 2.45) is 0 Å². The van der Waals surface area contributed by atoms with E-state index in [9.17, 15) is 0 Å². The van der Waals surface area contributed by atoms with Crippen LogP contribution >= 0.6 is 27.5 Å². The number of benzene rings is 1. The second kappa shape index (κ2) is 5.76. The molecule has 0 bridgehead atoms. The first-order valence-corrected chi connectivity index (χ1v) is 7.02. The average molecular weight is 329 g/mol. The van der Waals surface area contributed by atoms with Crippen LogP contribution in [0.25, 0.3) is 0 Å². The molecule has 1 aromatic carbocycles. The third kappa shape index (κ3) is 2.87. The van der Waals surface area contributed by atoms with Gasteiger partial charge in [0.25, 0.3) is 0 Å². The highest BCUT2D eigenvalue weighted by molar-refractivity contribution is 9.10. The highest BCUT2D eigenvalue weighted by Crippen LogP contribution is 2.31. The summed E-state index contributed by atoms with van der Waals surface area (Å²) in [6.07, 6.45) is 4.83. The van der Waals surface area contributed by atoms with Gasteiger partial charge in [0.15, 0.2) is 0 Å². The number of halogens is 2. The van der Waals surface area contributed by atoms with E-state index in [1.54, 1.807) is 6.20 Å². The fourth-order valence-corrected chi connectivity index (χ4v) is 2.44. The monoisotopic (exact) mass is 327 g/mol. The molecule has 2 rings (SSSR count). The second-order valence-electron chi connectivity index (χ2n) is 4.15. The Kier molecular flexibility index (Phi) is 4.30. The minimum atomic E-state index is 0.745. The van der Waals surface area contributed by atoms with Gasteiger partial charge >= 0.3 is 0 Å². The van der Waals surface area contributed by atoms with Crippen LogP contribution in [-0.4, -0.2) is 9.55 Å². The zero-order valence-corrected chi connectivity index (χ0v) is 12.7. The highest BCUT2D eigenvalue weighted by atomic mass is 79.9. The molecule has 1 aromatic heterocycles. The van der Waals surface area contributed by atoms with Gasteiger partial charge in [-0.05, 0) is 47.0 Å². The fraction of sp³-hybridized carbons (Fsp3) is 0.308. The van der Waals surface area contributed by atoms with Crippen LogP contribution in [0.4, 0.5) is 11.6 Å². The summed E-state index contributed by atoms with van der Waals surface area (Å²) in [6.45, 7) is 5.07. The minimum Gasteiger partial charge on any atom is -0.325 e. The van der Waals surface area contributed by atoms with E-state index >= 15 is 0 Å². The molecule has 3 nitrogen and oxygen atoms in total. The summed E-state index contributed by atoms with van der Waals surface area (Å²) in [5, 5.41) is 4.04. The van der Waals surface area contributed by atoms with Crippen molar-refractivity contribution in [3.05, 3.63) is 39.6 Å². The zero-order chi connectivity index (χ0) is 13.1. The first-order chi connectivity index (χ1) is 8.61. The zero-order valence-electron chi connectivity index (χ0n) is 10.4. The second-order valence-corrected chi connectivity index (χ2v) is 5.41. The lowest BCUT2D eigenvalue weighted by atomic mass is 10.2. The molecule has 0 atom stereocenters. The summed E-state index contributed by atoms with van der Waals surface area (Å²) >= 11 is 9.67. The molecule has 1 N–H and O–H groups in total. The lowest BCUT2D eigenvalue weighted by Crippen LogP contribution is -2.03. The molecule has 0 saturated heterocycles. The number of rotatable bonds is 4. The number of imidazole rings is 1. The van der Waals surface area contributed by atoms with E-state index in [0.717, 1.165) is 39.7 Å². The number of hydrogen-bond acceptors (Lipinski definition) is 2. The van der Waals surface area contributed by atoms with Crippen molar-refractivity contribution in [1.29, 1.82) is 0 Å². The number of anilines is 2. The summed E-state index contributed by atoms with van der Waals surface area (Å²) in [5.74, 6) is 0.831. The van der Waals surface area contributed by atoms with Gasteiger partial charge in [-0.1, -0.05) is 18.5 Å².